The molecule has 0 fully saturated rings. The molecule has 136 valence electrons. The van der Waals surface area contributed by atoms with Crippen LogP contribution in [0.2, 0.25) is 0 Å². The number of hydrogen-bond acceptors (Lipinski definition) is 6. The van der Waals surface area contributed by atoms with Gasteiger partial charge in [-0.1, -0.05) is 0 Å². The minimum Gasteiger partial charge on any atom is -0.370 e. The number of aryl methyl sites for hydroxylation is 3. The van der Waals surface area contributed by atoms with E-state index in [0.29, 0.717) is 11.5 Å². The summed E-state index contributed by atoms with van der Waals surface area (Å²) in [6.45, 7) is 5.42. The van der Waals surface area contributed by atoms with Crippen LogP contribution in [0.4, 0.5) is 17.2 Å². The van der Waals surface area contributed by atoms with E-state index < -0.39 is 16.8 Å². The predicted octanol–water partition coefficient (Wildman–Crippen LogP) is 1.49. The summed E-state index contributed by atoms with van der Waals surface area (Å²) in [4.78, 5) is 36.6. The number of aromatic nitrogens is 2. The largest absolute Gasteiger partial charge is 0.370 e. The number of anilines is 2. The second kappa shape index (κ2) is 7.13. The van der Waals surface area contributed by atoms with Gasteiger partial charge in [-0.3, -0.25) is 19.9 Å². The van der Waals surface area contributed by atoms with Crippen molar-refractivity contribution in [2.45, 2.75) is 20.8 Å². The number of amides is 1. The van der Waals surface area contributed by atoms with Crippen molar-refractivity contribution in [1.29, 1.82) is 0 Å². The number of nitrogens with zero attached hydrogens (tertiary/aromatic N) is 5. The first kappa shape index (κ1) is 18.8. The highest BCUT2D eigenvalue weighted by molar-refractivity contribution is 6.02. The summed E-state index contributed by atoms with van der Waals surface area (Å²) < 4.78 is 0. The lowest BCUT2D eigenvalue weighted by atomic mass is 10.1. The molecule has 4 N–H and O–H groups in total. The molecule has 2 aromatic rings. The molecule has 1 aromatic carbocycles. The van der Waals surface area contributed by atoms with Crippen LogP contribution >= 0.6 is 0 Å². The van der Waals surface area contributed by atoms with Gasteiger partial charge in [-0.15, -0.1) is 0 Å². The summed E-state index contributed by atoms with van der Waals surface area (Å²) in [6.07, 6.45) is 0. The van der Waals surface area contributed by atoms with Gasteiger partial charge in [0, 0.05) is 18.7 Å². The molecule has 1 amide bonds. The number of nitro groups is 1. The molecule has 1 aromatic heterocycles. The third-order valence-electron chi connectivity index (χ3n) is 3.78. The first-order valence-electron chi connectivity index (χ1n) is 7.59. The van der Waals surface area contributed by atoms with Crippen molar-refractivity contribution in [3.8, 4) is 0 Å². The van der Waals surface area contributed by atoms with E-state index in [-0.39, 0.29) is 16.9 Å². The molecule has 0 saturated carbocycles. The highest BCUT2D eigenvalue weighted by Crippen LogP contribution is 2.33. The average molecular weight is 357 g/mol. The number of aliphatic imine (C=N–C) groups is 1. The van der Waals surface area contributed by atoms with Crippen molar-refractivity contribution in [2.24, 2.45) is 16.5 Å². The highest BCUT2D eigenvalue weighted by Gasteiger charge is 2.23. The zero-order valence-electron chi connectivity index (χ0n) is 14.8. The second-order valence-corrected chi connectivity index (χ2v) is 5.66. The number of benzene rings is 1. The Bertz CT molecular complexity index is 920. The van der Waals surface area contributed by atoms with Gasteiger partial charge >= 0.3 is 0 Å². The van der Waals surface area contributed by atoms with E-state index in [0.717, 1.165) is 17.5 Å². The molecule has 0 aliphatic carbocycles. The van der Waals surface area contributed by atoms with E-state index in [2.05, 4.69) is 15.0 Å². The van der Waals surface area contributed by atoms with Crippen LogP contribution in [-0.4, -0.2) is 33.8 Å². The molecule has 0 aliphatic heterocycles. The van der Waals surface area contributed by atoms with Gasteiger partial charge in [-0.25, -0.2) is 4.98 Å². The molecule has 0 unspecified atom stereocenters. The molecule has 0 aliphatic rings. The number of rotatable bonds is 4. The molecular formula is C16H19N7O3. The fourth-order valence-electron chi connectivity index (χ4n) is 2.40. The first-order valence-corrected chi connectivity index (χ1v) is 7.59. The minimum atomic E-state index is -0.760. The standard InChI is InChI=1S/C16H19N7O3/c1-8-9(2)20-14(10(3)19-8)22(4)12-6-5-11(7-13(12)23(25)26)15(24)21-16(17)18/h5-7H,1-4H3,(H4,17,18,21,24). The minimum absolute atomic E-state index is 0.00476. The van der Waals surface area contributed by atoms with Gasteiger partial charge in [0.1, 0.15) is 5.69 Å². The third kappa shape index (κ3) is 3.74. The molecule has 26 heavy (non-hydrogen) atoms. The smallest absolute Gasteiger partial charge is 0.293 e. The Morgan fingerprint density at radius 3 is 2.35 bits per heavy atom. The van der Waals surface area contributed by atoms with Gasteiger partial charge in [0.05, 0.1) is 22.0 Å². The van der Waals surface area contributed by atoms with Crippen LogP contribution < -0.4 is 16.4 Å². The summed E-state index contributed by atoms with van der Waals surface area (Å²) in [5.41, 5.74) is 12.5. The Labute approximate surface area is 149 Å². The van der Waals surface area contributed by atoms with E-state index in [9.17, 15) is 14.9 Å². The third-order valence-corrected chi connectivity index (χ3v) is 3.78. The zero-order valence-corrected chi connectivity index (χ0v) is 14.8. The van der Waals surface area contributed by atoms with Crippen LogP contribution in [0.25, 0.3) is 0 Å². The number of carbonyl (C=O) groups is 1. The lowest BCUT2D eigenvalue weighted by molar-refractivity contribution is -0.384. The van der Waals surface area contributed by atoms with Crippen LogP contribution in [0.15, 0.2) is 23.2 Å². The van der Waals surface area contributed by atoms with Crippen LogP contribution in [0.1, 0.15) is 27.4 Å². The van der Waals surface area contributed by atoms with E-state index >= 15 is 0 Å². The maximum absolute atomic E-state index is 11.9. The van der Waals surface area contributed by atoms with Gasteiger partial charge in [-0.05, 0) is 32.9 Å². The molecule has 10 heteroatoms. The molecule has 0 bridgehead atoms. The molecule has 0 atom stereocenters. The Morgan fingerprint density at radius 2 is 1.77 bits per heavy atom. The molecule has 10 nitrogen and oxygen atoms in total. The molecule has 2 rings (SSSR count). The first-order chi connectivity index (χ1) is 12.1. The summed E-state index contributed by atoms with van der Waals surface area (Å²) >= 11 is 0. The monoisotopic (exact) mass is 357 g/mol. The molecule has 0 radical (unpaired) electrons. The van der Waals surface area contributed by atoms with E-state index in [4.69, 9.17) is 11.5 Å². The number of nitro benzene ring substituents is 1. The Kier molecular flexibility index (Phi) is 5.15. The quantitative estimate of drug-likeness (QED) is 0.361. The fraction of sp³-hybridized carbons (Fsp3) is 0.250. The average Bonchev–Trinajstić information content (AvgIpc) is 2.56. The Morgan fingerprint density at radius 1 is 1.15 bits per heavy atom. The van der Waals surface area contributed by atoms with Gasteiger partial charge in [-0.2, -0.15) is 4.99 Å². The van der Waals surface area contributed by atoms with Gasteiger partial charge in [0.15, 0.2) is 11.8 Å². The molecule has 0 spiro atoms. The van der Waals surface area contributed by atoms with E-state index in [1.807, 2.05) is 13.8 Å². The Balaban J connectivity index is 2.56. The fourth-order valence-corrected chi connectivity index (χ4v) is 2.40. The van der Waals surface area contributed by atoms with Crippen LogP contribution in [0.3, 0.4) is 0 Å². The van der Waals surface area contributed by atoms with Crippen LogP contribution in [0, 0.1) is 30.9 Å². The van der Waals surface area contributed by atoms with Crippen LogP contribution in [-0.2, 0) is 0 Å². The van der Waals surface area contributed by atoms with E-state index in [1.54, 1.807) is 18.9 Å². The van der Waals surface area contributed by atoms with Crippen molar-refractivity contribution < 1.29 is 9.72 Å². The number of carbonyl (C=O) groups excluding carboxylic acids is 1. The maximum Gasteiger partial charge on any atom is 0.293 e. The molecule has 0 saturated heterocycles. The zero-order chi connectivity index (χ0) is 19.6. The molecular weight excluding hydrogens is 338 g/mol. The normalized spacial score (nSPS) is 10.3. The number of guanidine groups is 1. The SMILES string of the molecule is Cc1nc(C)c(N(C)c2ccc(C(=O)N=C(N)N)cc2[N+](=O)[O-])nc1C. The number of hydrogen-bond donors (Lipinski definition) is 2. The van der Waals surface area contributed by atoms with Crippen molar-refractivity contribution in [3.63, 3.8) is 0 Å². The van der Waals surface area contributed by atoms with Crippen LogP contribution in [0.5, 0.6) is 0 Å². The van der Waals surface area contributed by atoms with Crippen molar-refractivity contribution in [2.75, 3.05) is 11.9 Å². The van der Waals surface area contributed by atoms with Crippen molar-refractivity contribution in [1.82, 2.24) is 9.97 Å². The summed E-state index contributed by atoms with van der Waals surface area (Å²) in [6, 6.07) is 3.99. The van der Waals surface area contributed by atoms with Gasteiger partial charge in [0.2, 0.25) is 0 Å². The number of nitrogens with two attached hydrogens (primary N) is 2. The Hall–Kier alpha value is -3.56. The summed E-state index contributed by atoms with van der Waals surface area (Å²) in [5.74, 6) is -0.691. The molecule has 1 heterocycles. The van der Waals surface area contributed by atoms with Gasteiger partial charge in [0.25, 0.3) is 11.6 Å². The second-order valence-electron chi connectivity index (χ2n) is 5.66. The lowest BCUT2D eigenvalue weighted by Crippen LogP contribution is -2.24. The summed E-state index contributed by atoms with van der Waals surface area (Å²) in [7, 11) is 1.64. The van der Waals surface area contributed by atoms with Gasteiger partial charge < -0.3 is 16.4 Å². The van der Waals surface area contributed by atoms with Crippen molar-refractivity contribution >= 4 is 29.1 Å². The highest BCUT2D eigenvalue weighted by atomic mass is 16.6. The summed E-state index contributed by atoms with van der Waals surface area (Å²) in [5, 5.41) is 11.5. The predicted molar refractivity (Wildman–Crippen MR) is 97.5 cm³/mol. The maximum atomic E-state index is 11.9. The van der Waals surface area contributed by atoms with E-state index in [1.165, 1.54) is 12.1 Å². The topological polar surface area (TPSA) is 154 Å². The van der Waals surface area contributed by atoms with Crippen molar-refractivity contribution in [3.05, 3.63) is 51.0 Å². The lowest BCUT2D eigenvalue weighted by Gasteiger charge is -2.21.